The Kier molecular flexibility index (Phi) is 7.31. The predicted octanol–water partition coefficient (Wildman–Crippen LogP) is 6.72. The number of aryl methyl sites for hydroxylation is 2. The monoisotopic (exact) mass is 568 g/mol. The van der Waals surface area contributed by atoms with Crippen molar-refractivity contribution in [2.75, 3.05) is 26.3 Å². The maximum atomic E-state index is 14.0. The number of rotatable bonds is 6. The van der Waals surface area contributed by atoms with Gasteiger partial charge in [0.1, 0.15) is 0 Å². The molecule has 2 heterocycles. The molecule has 0 saturated carbocycles. The standard InChI is InChI=1S/C31H31F3N2O3S/c1-20-10-11-27(23(4)35-12-14-39-15-13-35)22(3)28(20)18-25-19-29-21(2)16-24(31(32,33)34)17-30(29)36(25)40(37,38)26-8-6-5-7-9-26/h5-11,16-17,19H,4,12-15,18H2,1-3H3. The Morgan fingerprint density at radius 2 is 1.62 bits per heavy atom. The van der Waals surface area contributed by atoms with Crippen LogP contribution in [0.4, 0.5) is 13.2 Å². The van der Waals surface area contributed by atoms with E-state index < -0.39 is 21.8 Å². The van der Waals surface area contributed by atoms with Crippen LogP contribution in [0.5, 0.6) is 0 Å². The highest BCUT2D eigenvalue weighted by atomic mass is 32.2. The van der Waals surface area contributed by atoms with Crippen LogP contribution in [0.15, 0.2) is 72.1 Å². The van der Waals surface area contributed by atoms with E-state index in [1.807, 2.05) is 26.0 Å². The van der Waals surface area contributed by atoms with Crippen LogP contribution in [-0.2, 0) is 27.4 Å². The van der Waals surface area contributed by atoms with Crippen LogP contribution in [0.2, 0.25) is 0 Å². The Balaban J connectivity index is 1.70. The topological polar surface area (TPSA) is 51.5 Å². The number of nitrogens with zero attached hydrogens (tertiary/aromatic N) is 2. The third-order valence-corrected chi connectivity index (χ3v) is 9.44. The number of ether oxygens (including phenoxy) is 1. The smallest absolute Gasteiger partial charge is 0.378 e. The molecular formula is C31H31F3N2O3S. The number of fused-ring (bicyclic) bond motifs is 1. The number of hydrogen-bond acceptors (Lipinski definition) is 4. The average Bonchev–Trinajstić information content (AvgIpc) is 3.31. The Hall–Kier alpha value is -3.56. The molecule has 210 valence electrons. The van der Waals surface area contributed by atoms with E-state index in [0.717, 1.165) is 57.1 Å². The molecule has 5 nitrogen and oxygen atoms in total. The van der Waals surface area contributed by atoms with Crippen LogP contribution >= 0.6 is 0 Å². The van der Waals surface area contributed by atoms with Gasteiger partial charge in [-0.15, -0.1) is 0 Å². The summed E-state index contributed by atoms with van der Waals surface area (Å²) in [4.78, 5) is 2.18. The lowest BCUT2D eigenvalue weighted by atomic mass is 9.92. The number of alkyl halides is 3. The molecule has 5 rings (SSSR count). The zero-order valence-corrected chi connectivity index (χ0v) is 23.5. The van der Waals surface area contributed by atoms with E-state index in [-0.39, 0.29) is 16.8 Å². The van der Waals surface area contributed by atoms with Gasteiger partial charge in [0.25, 0.3) is 10.0 Å². The van der Waals surface area contributed by atoms with Gasteiger partial charge in [-0.1, -0.05) is 36.9 Å². The highest BCUT2D eigenvalue weighted by Gasteiger charge is 2.33. The Labute approximate surface area is 232 Å². The molecule has 1 saturated heterocycles. The molecular weight excluding hydrogens is 537 g/mol. The fourth-order valence-electron chi connectivity index (χ4n) is 5.45. The molecule has 1 aliphatic rings. The number of morpholine rings is 1. The quantitative estimate of drug-likeness (QED) is 0.259. The molecule has 0 unspecified atom stereocenters. The highest BCUT2D eigenvalue weighted by Crippen LogP contribution is 2.37. The van der Waals surface area contributed by atoms with E-state index in [9.17, 15) is 21.6 Å². The first-order chi connectivity index (χ1) is 18.9. The minimum atomic E-state index is -4.62. The van der Waals surface area contributed by atoms with Crippen molar-refractivity contribution in [1.82, 2.24) is 8.87 Å². The van der Waals surface area contributed by atoms with Crippen molar-refractivity contribution in [2.45, 2.75) is 38.3 Å². The van der Waals surface area contributed by atoms with E-state index in [4.69, 9.17) is 4.74 Å². The van der Waals surface area contributed by atoms with Gasteiger partial charge >= 0.3 is 6.18 Å². The summed E-state index contributed by atoms with van der Waals surface area (Å²) in [7, 11) is -4.21. The maximum Gasteiger partial charge on any atom is 0.416 e. The maximum absolute atomic E-state index is 14.0. The van der Waals surface area contributed by atoms with Crippen molar-refractivity contribution in [1.29, 1.82) is 0 Å². The predicted molar refractivity (Wildman–Crippen MR) is 151 cm³/mol. The van der Waals surface area contributed by atoms with Crippen molar-refractivity contribution in [3.05, 3.63) is 106 Å². The molecule has 0 bridgehead atoms. The van der Waals surface area contributed by atoms with Crippen LogP contribution in [0.25, 0.3) is 16.6 Å². The summed E-state index contributed by atoms with van der Waals surface area (Å²) < 4.78 is 75.9. The number of benzene rings is 3. The summed E-state index contributed by atoms with van der Waals surface area (Å²) in [6.45, 7) is 12.5. The molecule has 0 atom stereocenters. The van der Waals surface area contributed by atoms with Gasteiger partial charge < -0.3 is 9.64 Å². The summed E-state index contributed by atoms with van der Waals surface area (Å²) >= 11 is 0. The lowest BCUT2D eigenvalue weighted by Crippen LogP contribution is -2.34. The van der Waals surface area contributed by atoms with Gasteiger partial charge in [0.05, 0.1) is 29.2 Å². The van der Waals surface area contributed by atoms with Crippen LogP contribution in [0.1, 0.15) is 39.1 Å². The number of aromatic nitrogens is 1. The van der Waals surface area contributed by atoms with Crippen LogP contribution in [0, 0.1) is 20.8 Å². The van der Waals surface area contributed by atoms with Crippen molar-refractivity contribution >= 4 is 26.6 Å². The van der Waals surface area contributed by atoms with Crippen LogP contribution in [0.3, 0.4) is 0 Å². The lowest BCUT2D eigenvalue weighted by Gasteiger charge is -2.31. The van der Waals surface area contributed by atoms with Crippen molar-refractivity contribution in [2.24, 2.45) is 0 Å². The van der Waals surface area contributed by atoms with Crippen molar-refractivity contribution in [3.63, 3.8) is 0 Å². The summed E-state index contributed by atoms with van der Waals surface area (Å²) in [6, 6.07) is 15.5. The summed E-state index contributed by atoms with van der Waals surface area (Å²) in [5.74, 6) is 0. The third kappa shape index (κ3) is 5.04. The van der Waals surface area contributed by atoms with Gasteiger partial charge in [-0.2, -0.15) is 13.2 Å². The van der Waals surface area contributed by atoms with E-state index in [0.29, 0.717) is 29.9 Å². The van der Waals surface area contributed by atoms with Crippen LogP contribution in [-0.4, -0.2) is 43.6 Å². The zero-order valence-electron chi connectivity index (χ0n) is 22.7. The zero-order chi connectivity index (χ0) is 28.8. The van der Waals surface area contributed by atoms with Crippen molar-refractivity contribution < 1.29 is 26.3 Å². The first kappa shape index (κ1) is 28.0. The molecule has 0 aliphatic carbocycles. The molecule has 0 radical (unpaired) electrons. The van der Waals surface area contributed by atoms with Gasteiger partial charge in [0.2, 0.25) is 0 Å². The average molecular weight is 569 g/mol. The Morgan fingerprint density at radius 3 is 2.27 bits per heavy atom. The van der Waals surface area contributed by atoms with E-state index in [1.165, 1.54) is 12.1 Å². The molecule has 0 amide bonds. The molecule has 4 aromatic rings. The Morgan fingerprint density at radius 1 is 0.950 bits per heavy atom. The second-order valence-corrected chi connectivity index (χ2v) is 12.0. The fourth-order valence-corrected chi connectivity index (χ4v) is 6.99. The molecule has 1 fully saturated rings. The molecule has 1 aliphatic heterocycles. The molecule has 40 heavy (non-hydrogen) atoms. The van der Waals surface area contributed by atoms with Gasteiger partial charge in [-0.3, -0.25) is 0 Å². The molecule has 1 aromatic heterocycles. The molecule has 9 heteroatoms. The Bertz CT molecular complexity index is 1700. The van der Waals surface area contributed by atoms with Gasteiger partial charge in [0.15, 0.2) is 0 Å². The van der Waals surface area contributed by atoms with E-state index in [2.05, 4.69) is 11.5 Å². The van der Waals surface area contributed by atoms with Gasteiger partial charge in [0, 0.05) is 41.9 Å². The highest BCUT2D eigenvalue weighted by molar-refractivity contribution is 7.90. The fraction of sp³-hybridized carbons (Fsp3) is 0.290. The summed E-state index contributed by atoms with van der Waals surface area (Å²) in [6.07, 6.45) is -4.41. The molecule has 3 aromatic carbocycles. The van der Waals surface area contributed by atoms with Crippen molar-refractivity contribution in [3.8, 4) is 0 Å². The van der Waals surface area contributed by atoms with Gasteiger partial charge in [-0.25, -0.2) is 12.4 Å². The SMILES string of the molecule is C=C(c1ccc(C)c(Cc2cc3c(C)cc(C(F)(F)F)cc3n2S(=O)(=O)c2ccccc2)c1C)N1CCOCC1. The third-order valence-electron chi connectivity index (χ3n) is 7.66. The number of hydrogen-bond donors (Lipinski definition) is 0. The normalized spacial score (nSPS) is 14.6. The first-order valence-electron chi connectivity index (χ1n) is 13.0. The second-order valence-electron chi connectivity index (χ2n) is 10.2. The minimum absolute atomic E-state index is 0.00621. The second kappa shape index (κ2) is 10.4. The molecule has 0 N–H and O–H groups in total. The largest absolute Gasteiger partial charge is 0.416 e. The van der Waals surface area contributed by atoms with Crippen LogP contribution < -0.4 is 0 Å². The van der Waals surface area contributed by atoms with Gasteiger partial charge in [-0.05, 0) is 73.4 Å². The van der Waals surface area contributed by atoms with E-state index in [1.54, 1.807) is 31.2 Å². The first-order valence-corrected chi connectivity index (χ1v) is 14.5. The lowest BCUT2D eigenvalue weighted by molar-refractivity contribution is -0.137. The molecule has 0 spiro atoms. The minimum Gasteiger partial charge on any atom is -0.378 e. The van der Waals surface area contributed by atoms with E-state index >= 15 is 0 Å². The summed E-state index contributed by atoms with van der Waals surface area (Å²) in [5.41, 5.74) is 4.51. The summed E-state index contributed by atoms with van der Waals surface area (Å²) in [5, 5.41) is 0.465. The number of halogens is 3.